The zero-order valence-electron chi connectivity index (χ0n) is 31.5. The predicted molar refractivity (Wildman–Crippen MR) is 214 cm³/mol. The monoisotopic (exact) mass is 681 g/mol. The van der Waals surface area contributed by atoms with E-state index < -0.39 is 0 Å². The Labute approximate surface area is 302 Å². The molecule has 0 saturated carbocycles. The van der Waals surface area contributed by atoms with Crippen LogP contribution >= 0.6 is 11.3 Å². The predicted octanol–water partition coefficient (Wildman–Crippen LogP) is 13.4. The van der Waals surface area contributed by atoms with Gasteiger partial charge in [-0.1, -0.05) is 91.4 Å². The first kappa shape index (κ1) is 43.0. The number of benzene rings is 3. The van der Waals surface area contributed by atoms with E-state index in [0.29, 0.717) is 23.8 Å². The maximum atomic E-state index is 13.1. The Morgan fingerprint density at radius 2 is 1.27 bits per heavy atom. The van der Waals surface area contributed by atoms with Crippen molar-refractivity contribution in [2.45, 2.75) is 121 Å². The zero-order valence-corrected chi connectivity index (χ0v) is 32.3. The summed E-state index contributed by atoms with van der Waals surface area (Å²) in [4.78, 5) is 7.60. The molecule has 2 heterocycles. The summed E-state index contributed by atoms with van der Waals surface area (Å²) in [6.07, 6.45) is 4.09. The molecule has 0 atom stereocenters. The molecular formula is C44H60FN3S. The molecule has 4 aromatic rings. The summed E-state index contributed by atoms with van der Waals surface area (Å²) >= 11 is 1.65. The van der Waals surface area contributed by atoms with Gasteiger partial charge in [-0.15, -0.1) is 11.3 Å². The van der Waals surface area contributed by atoms with Crippen molar-refractivity contribution in [1.82, 2.24) is 9.88 Å². The number of halogens is 1. The van der Waals surface area contributed by atoms with Crippen molar-refractivity contribution in [2.75, 3.05) is 0 Å². The molecule has 5 heteroatoms. The van der Waals surface area contributed by atoms with Crippen molar-refractivity contribution in [1.29, 1.82) is 5.26 Å². The van der Waals surface area contributed by atoms with E-state index in [1.165, 1.54) is 38.3 Å². The molecule has 1 aliphatic heterocycles. The van der Waals surface area contributed by atoms with Crippen LogP contribution in [0.15, 0.2) is 66.8 Å². The van der Waals surface area contributed by atoms with Crippen LogP contribution in [0, 0.1) is 51.8 Å². The van der Waals surface area contributed by atoms with E-state index in [1.807, 2.05) is 42.8 Å². The van der Waals surface area contributed by atoms with Crippen molar-refractivity contribution in [3.63, 3.8) is 0 Å². The minimum Gasteiger partial charge on any atom is -0.345 e. The first-order valence-corrected chi connectivity index (χ1v) is 17.8. The largest absolute Gasteiger partial charge is 0.345 e. The van der Waals surface area contributed by atoms with E-state index in [1.54, 1.807) is 24.3 Å². The summed E-state index contributed by atoms with van der Waals surface area (Å²) < 4.78 is 13.1. The third-order valence-electron chi connectivity index (χ3n) is 8.36. The maximum Gasteiger partial charge on any atom is 0.126 e. The molecule has 264 valence electrons. The number of thiazole rings is 1. The van der Waals surface area contributed by atoms with Crippen LogP contribution in [0.2, 0.25) is 0 Å². The summed E-state index contributed by atoms with van der Waals surface area (Å²) in [5.41, 5.74) is 14.5. The average molecular weight is 682 g/mol. The van der Waals surface area contributed by atoms with Gasteiger partial charge in [0, 0.05) is 12.2 Å². The Bertz CT molecular complexity index is 1730. The van der Waals surface area contributed by atoms with Crippen LogP contribution in [-0.2, 0) is 0 Å². The summed E-state index contributed by atoms with van der Waals surface area (Å²) in [6.45, 7) is 31.5. The van der Waals surface area contributed by atoms with Gasteiger partial charge in [-0.25, -0.2) is 9.37 Å². The maximum absolute atomic E-state index is 13.1. The van der Waals surface area contributed by atoms with Gasteiger partial charge in [0.05, 0.1) is 33.4 Å². The minimum absolute atomic E-state index is 0. The van der Waals surface area contributed by atoms with Crippen molar-refractivity contribution >= 4 is 23.1 Å². The van der Waals surface area contributed by atoms with E-state index in [2.05, 4.69) is 123 Å². The molecule has 0 fully saturated rings. The Hall–Kier alpha value is -4.01. The van der Waals surface area contributed by atoms with Gasteiger partial charge >= 0.3 is 0 Å². The van der Waals surface area contributed by atoms with Gasteiger partial charge in [-0.3, -0.25) is 0 Å². The molecule has 0 N–H and O–H groups in total. The van der Waals surface area contributed by atoms with Crippen LogP contribution in [0.3, 0.4) is 0 Å². The van der Waals surface area contributed by atoms with Gasteiger partial charge in [-0.05, 0) is 129 Å². The van der Waals surface area contributed by atoms with Crippen LogP contribution in [0.25, 0.3) is 11.8 Å². The van der Waals surface area contributed by atoms with Crippen LogP contribution in [0.1, 0.15) is 141 Å². The number of rotatable bonds is 4. The lowest BCUT2D eigenvalue weighted by molar-refractivity contribution is 0.439. The average Bonchev–Trinajstić information content (AvgIpc) is 3.49. The Morgan fingerprint density at radius 1 is 0.735 bits per heavy atom. The highest BCUT2D eigenvalue weighted by atomic mass is 32.1. The highest BCUT2D eigenvalue weighted by Crippen LogP contribution is 2.31. The topological polar surface area (TPSA) is 39.9 Å². The molecule has 1 aliphatic rings. The fourth-order valence-electron chi connectivity index (χ4n) is 5.76. The van der Waals surface area contributed by atoms with Crippen molar-refractivity contribution < 1.29 is 4.39 Å². The molecule has 0 saturated heterocycles. The summed E-state index contributed by atoms with van der Waals surface area (Å²) in [5, 5.41) is 8.64. The quantitative estimate of drug-likeness (QED) is 0.215. The summed E-state index contributed by atoms with van der Waals surface area (Å²) in [5.74, 6) is 1.50. The minimum atomic E-state index is -0.0932. The Morgan fingerprint density at radius 3 is 1.76 bits per heavy atom. The van der Waals surface area contributed by atoms with Crippen molar-refractivity contribution in [3.05, 3.63) is 133 Å². The second-order valence-corrected chi connectivity index (χ2v) is 14.7. The molecule has 0 amide bonds. The molecule has 0 spiro atoms. The van der Waals surface area contributed by atoms with Gasteiger partial charge in [0.15, 0.2) is 0 Å². The number of aryl methyl sites for hydroxylation is 5. The van der Waals surface area contributed by atoms with E-state index in [4.69, 9.17) is 5.26 Å². The van der Waals surface area contributed by atoms with Crippen LogP contribution in [0.5, 0.6) is 0 Å². The Kier molecular flexibility index (Phi) is 17.4. The molecule has 0 bridgehead atoms. The molecule has 0 radical (unpaired) electrons. The second kappa shape index (κ2) is 19.9. The molecule has 0 unspecified atom stereocenters. The normalized spacial score (nSPS) is 11.5. The molecular weight excluding hydrogens is 622 g/mol. The molecule has 5 rings (SSSR count). The van der Waals surface area contributed by atoms with E-state index >= 15 is 0 Å². The highest BCUT2D eigenvalue weighted by Gasteiger charge is 2.19. The second-order valence-electron chi connectivity index (χ2n) is 13.8. The van der Waals surface area contributed by atoms with Gasteiger partial charge in [0.2, 0.25) is 0 Å². The first-order chi connectivity index (χ1) is 22.5. The molecule has 3 nitrogen and oxygen atoms in total. The number of fused-ring (bicyclic) bond motifs is 1. The van der Waals surface area contributed by atoms with Gasteiger partial charge < -0.3 is 4.90 Å². The number of aromatic nitrogens is 1. The van der Waals surface area contributed by atoms with Gasteiger partial charge in [-0.2, -0.15) is 5.26 Å². The lowest BCUT2D eigenvalue weighted by atomic mass is 9.96. The molecule has 49 heavy (non-hydrogen) atoms. The van der Waals surface area contributed by atoms with Crippen LogP contribution in [-0.4, -0.2) is 15.9 Å². The van der Waals surface area contributed by atoms with Crippen LogP contribution < -0.4 is 0 Å². The fraction of sp³-hybridized carbons (Fsp3) is 0.409. The number of nitrogens with zero attached hydrogens (tertiary/aromatic N) is 3. The summed E-state index contributed by atoms with van der Waals surface area (Å²) in [7, 11) is 0. The van der Waals surface area contributed by atoms with E-state index in [0.717, 1.165) is 28.1 Å². The fourth-order valence-corrected chi connectivity index (χ4v) is 6.52. The number of nitriles is 1. The third kappa shape index (κ3) is 12.4. The van der Waals surface area contributed by atoms with Crippen LogP contribution in [0.4, 0.5) is 4.39 Å². The van der Waals surface area contributed by atoms with Crippen molar-refractivity contribution in [2.24, 2.45) is 0 Å². The number of hydrogen-bond acceptors (Lipinski definition) is 4. The van der Waals surface area contributed by atoms with E-state index in [9.17, 15) is 4.39 Å². The highest BCUT2D eigenvalue weighted by molar-refractivity contribution is 7.11. The summed E-state index contributed by atoms with van der Waals surface area (Å²) in [6, 6.07) is 18.7. The molecule has 0 aliphatic carbocycles. The van der Waals surface area contributed by atoms with Gasteiger partial charge in [0.25, 0.3) is 0 Å². The lowest BCUT2D eigenvalue weighted by Gasteiger charge is -2.28. The smallest absolute Gasteiger partial charge is 0.126 e. The van der Waals surface area contributed by atoms with E-state index in [-0.39, 0.29) is 13.2 Å². The molecule has 1 aromatic heterocycles. The first-order valence-electron chi connectivity index (χ1n) is 16.9. The van der Waals surface area contributed by atoms with Gasteiger partial charge in [0.1, 0.15) is 5.82 Å². The molecule has 3 aromatic carbocycles. The SMILES string of the molecule is C.C=C1c2scnc2C=CN1C(C)C.Cc1cc(C#N)ccc1C(C)C.Cc1cc(C)c(C(C)C)cc1F.Cc1ccc(C(C)C)c(C)c1. The third-order valence-corrected chi connectivity index (χ3v) is 9.25. The Balaban J connectivity index is 0.000000325. The lowest BCUT2D eigenvalue weighted by Crippen LogP contribution is -2.24. The zero-order chi connectivity index (χ0) is 36.3. The standard InChI is InChI=1S/C11H15F.C11H13N.C11H16.C10H12N2S.CH4/c1-7(2)10-6-11(12)9(4)5-8(10)3;1-8(2)11-5-4-10(7-12)6-9(11)3;1-8(2)11-6-5-9(3)7-10(11)4;1-7(2)12-5-4-9-10(8(12)3)13-6-11-9;/h5-7H,1-4H3;4-6,8H,1-3H3;5-8H,1-4H3;4-7H,3H2,1-2H3;1H4. The number of hydrogen-bond donors (Lipinski definition) is 0. The van der Waals surface area contributed by atoms with Crippen molar-refractivity contribution in [3.8, 4) is 6.07 Å².